The maximum absolute atomic E-state index is 9.37. The van der Waals surface area contributed by atoms with Crippen LogP contribution in [0.25, 0.3) is 0 Å². The van der Waals surface area contributed by atoms with Gasteiger partial charge in [-0.1, -0.05) is 27.7 Å². The van der Waals surface area contributed by atoms with Gasteiger partial charge in [0.2, 0.25) is 0 Å². The molecule has 0 aliphatic heterocycles. The second-order valence-electron chi connectivity index (χ2n) is 2.99. The van der Waals surface area contributed by atoms with Crippen molar-refractivity contribution >= 4 is 61.6 Å². The second-order valence-corrected chi connectivity index (χ2v) is 2.99. The minimum absolute atomic E-state index is 0. The first-order valence-electron chi connectivity index (χ1n) is 5.95. The molecule has 0 aliphatic rings. The van der Waals surface area contributed by atoms with E-state index >= 15 is 0 Å². The summed E-state index contributed by atoms with van der Waals surface area (Å²) in [7, 11) is 0. The number of carbonyl (C=O) groups is 4. The Bertz CT molecular complexity index is 232. The summed E-state index contributed by atoms with van der Waals surface area (Å²) in [5.41, 5.74) is 0. The predicted octanol–water partition coefficient (Wildman–Crippen LogP) is 1.77. The quantitative estimate of drug-likeness (QED) is 0.566. The van der Waals surface area contributed by atoms with Crippen molar-refractivity contribution < 1.29 is 42.5 Å². The minimum atomic E-state index is -0.745. The van der Waals surface area contributed by atoms with Gasteiger partial charge in [-0.25, -0.2) is 0 Å². The van der Waals surface area contributed by atoms with Crippen LogP contribution in [0.1, 0.15) is 56.2 Å². The third-order valence-electron chi connectivity index (χ3n) is 1.21. The van der Waals surface area contributed by atoms with Crippen molar-refractivity contribution in [3.05, 3.63) is 0 Å². The Morgan fingerprint density at radius 1 is 0.571 bits per heavy atom. The first-order chi connectivity index (χ1) is 9.08. The summed E-state index contributed by atoms with van der Waals surface area (Å²) in [5, 5.41) is 30.9. The monoisotopic (exact) mass is 338 g/mol. The molecule has 0 aromatic carbocycles. The Balaban J connectivity index is -0.0000000284. The Labute approximate surface area is 157 Å². The Kier molecular flexibility index (Phi) is 42.1. The van der Waals surface area contributed by atoms with Crippen LogP contribution in [0.4, 0.5) is 0 Å². The molecule has 0 rings (SSSR count). The summed E-state index contributed by atoms with van der Waals surface area (Å²) in [6.45, 7) is 6.40. The fourth-order valence-corrected chi connectivity index (χ4v) is 0. The summed E-state index contributed by atoms with van der Waals surface area (Å²) in [4.78, 5) is 37.5. The summed E-state index contributed by atoms with van der Waals surface area (Å²) in [6, 6.07) is 0. The maximum Gasteiger partial charge on any atom is 2.00 e. The van der Waals surface area contributed by atoms with E-state index in [1.807, 2.05) is 0 Å². The molecule has 21 heavy (non-hydrogen) atoms. The van der Waals surface area contributed by atoms with E-state index in [-0.39, 0.29) is 66.3 Å². The zero-order chi connectivity index (χ0) is 17.1. The third-order valence-corrected chi connectivity index (χ3v) is 1.21. The van der Waals surface area contributed by atoms with Crippen LogP contribution in [-0.4, -0.2) is 82.0 Å². The standard InChI is InChI=1S/4C3H6O2.Ca.2H/c4*1-2-3(4)5;;;/h4*2H2,1H3,(H,4,5);;;/q;;;;+2;2*-1. The Morgan fingerprint density at radius 3 is 0.619 bits per heavy atom. The molecule has 0 aliphatic carbocycles. The topological polar surface area (TPSA) is 149 Å². The van der Waals surface area contributed by atoms with Gasteiger partial charge in [-0.3, -0.25) is 19.2 Å². The molecule has 0 bridgehead atoms. The van der Waals surface area contributed by atoms with Gasteiger partial charge in [0.15, 0.2) is 0 Å². The summed E-state index contributed by atoms with van der Waals surface area (Å²) in [5.74, 6) is -2.98. The van der Waals surface area contributed by atoms with Gasteiger partial charge in [0.05, 0.1) is 0 Å². The average Bonchev–Trinajstić information content (AvgIpc) is 2.40. The largest absolute Gasteiger partial charge is 2.00 e. The van der Waals surface area contributed by atoms with Crippen molar-refractivity contribution in [1.82, 2.24) is 0 Å². The van der Waals surface area contributed by atoms with Crippen LogP contribution in [0.15, 0.2) is 0 Å². The summed E-state index contributed by atoms with van der Waals surface area (Å²) in [6.07, 6.45) is 0.889. The van der Waals surface area contributed by atoms with E-state index < -0.39 is 23.9 Å². The van der Waals surface area contributed by atoms with E-state index in [4.69, 9.17) is 20.4 Å². The summed E-state index contributed by atoms with van der Waals surface area (Å²) < 4.78 is 0. The Hall–Kier alpha value is -0.860. The van der Waals surface area contributed by atoms with Gasteiger partial charge in [-0.2, -0.15) is 0 Å². The first-order valence-corrected chi connectivity index (χ1v) is 5.95. The molecular weight excluding hydrogens is 312 g/mol. The number of hydrogen-bond donors (Lipinski definition) is 4. The van der Waals surface area contributed by atoms with Crippen LogP contribution in [0, 0.1) is 0 Å². The SMILES string of the molecule is CCC(=O)O.CCC(=O)O.CCC(=O)O.CCC(=O)O.[Ca+2].[H-].[H-]. The molecule has 9 heteroatoms. The summed E-state index contributed by atoms with van der Waals surface area (Å²) >= 11 is 0. The maximum atomic E-state index is 9.37. The molecule has 0 unspecified atom stereocenters. The number of hydrogen-bond acceptors (Lipinski definition) is 4. The zero-order valence-corrected chi connectivity index (χ0v) is 15.2. The van der Waals surface area contributed by atoms with Gasteiger partial charge >= 0.3 is 61.6 Å². The molecule has 0 fully saturated rings. The molecule has 0 heterocycles. The smallest absolute Gasteiger partial charge is 1.00 e. The van der Waals surface area contributed by atoms with E-state index in [9.17, 15) is 19.2 Å². The van der Waals surface area contributed by atoms with Crippen molar-refractivity contribution in [2.24, 2.45) is 0 Å². The number of carboxylic acids is 4. The zero-order valence-electron chi connectivity index (χ0n) is 15.0. The molecule has 0 radical (unpaired) electrons. The molecular formula is C12H26CaO8. The van der Waals surface area contributed by atoms with Crippen molar-refractivity contribution in [1.29, 1.82) is 0 Å². The fourth-order valence-electron chi connectivity index (χ4n) is 0. The Morgan fingerprint density at radius 2 is 0.619 bits per heavy atom. The van der Waals surface area contributed by atoms with E-state index in [0.29, 0.717) is 0 Å². The number of rotatable bonds is 4. The molecule has 0 spiro atoms. The van der Waals surface area contributed by atoms with Crippen LogP contribution >= 0.6 is 0 Å². The normalized spacial score (nSPS) is 7.05. The minimum Gasteiger partial charge on any atom is -1.00 e. The van der Waals surface area contributed by atoms with Crippen molar-refractivity contribution in [3.63, 3.8) is 0 Å². The van der Waals surface area contributed by atoms with Crippen molar-refractivity contribution in [3.8, 4) is 0 Å². The van der Waals surface area contributed by atoms with Crippen LogP contribution in [-0.2, 0) is 19.2 Å². The second kappa shape index (κ2) is 27.5. The van der Waals surface area contributed by atoms with E-state index in [2.05, 4.69) is 0 Å². The van der Waals surface area contributed by atoms with Gasteiger partial charge in [-0.15, -0.1) is 0 Å². The van der Waals surface area contributed by atoms with Gasteiger partial charge in [-0.05, 0) is 0 Å². The van der Waals surface area contributed by atoms with E-state index in [0.717, 1.165) is 0 Å². The van der Waals surface area contributed by atoms with E-state index in [1.165, 1.54) is 0 Å². The van der Waals surface area contributed by atoms with Gasteiger partial charge < -0.3 is 23.3 Å². The van der Waals surface area contributed by atoms with Crippen molar-refractivity contribution in [2.75, 3.05) is 0 Å². The van der Waals surface area contributed by atoms with Crippen LogP contribution in [0.2, 0.25) is 0 Å². The molecule has 0 aromatic rings. The third kappa shape index (κ3) is 110. The first kappa shape index (κ1) is 32.2. The van der Waals surface area contributed by atoms with Crippen LogP contribution < -0.4 is 0 Å². The fraction of sp³-hybridized carbons (Fsp3) is 0.667. The molecule has 4 N–H and O–H groups in total. The number of carboxylic acid groups (broad SMARTS) is 4. The number of aliphatic carboxylic acids is 4. The average molecular weight is 338 g/mol. The van der Waals surface area contributed by atoms with Crippen molar-refractivity contribution in [2.45, 2.75) is 53.4 Å². The molecule has 0 amide bonds. The molecule has 0 saturated heterocycles. The molecule has 0 aromatic heterocycles. The van der Waals surface area contributed by atoms with Crippen LogP contribution in [0.3, 0.4) is 0 Å². The predicted molar refractivity (Wildman–Crippen MR) is 79.7 cm³/mol. The van der Waals surface area contributed by atoms with Crippen LogP contribution in [0.5, 0.6) is 0 Å². The molecule has 0 atom stereocenters. The molecule has 124 valence electrons. The molecule has 0 saturated carbocycles. The van der Waals surface area contributed by atoms with Gasteiger partial charge in [0.1, 0.15) is 0 Å². The van der Waals surface area contributed by atoms with Gasteiger partial charge in [0.25, 0.3) is 0 Å². The van der Waals surface area contributed by atoms with Gasteiger partial charge in [0, 0.05) is 25.7 Å². The van der Waals surface area contributed by atoms with E-state index in [1.54, 1.807) is 27.7 Å². The molecule has 8 nitrogen and oxygen atoms in total.